The summed E-state index contributed by atoms with van der Waals surface area (Å²) in [6, 6.07) is 3.98. The summed E-state index contributed by atoms with van der Waals surface area (Å²) in [4.78, 5) is 25.7. The van der Waals surface area contributed by atoms with Crippen molar-refractivity contribution < 1.29 is 4.79 Å². The van der Waals surface area contributed by atoms with E-state index in [2.05, 4.69) is 39.1 Å². The Hall–Kier alpha value is -2.41. The highest BCUT2D eigenvalue weighted by molar-refractivity contribution is 5.76. The van der Waals surface area contributed by atoms with Gasteiger partial charge >= 0.3 is 0 Å². The van der Waals surface area contributed by atoms with E-state index in [1.807, 2.05) is 29.1 Å². The molecule has 1 N–H and O–H groups in total. The molecule has 1 fully saturated rings. The average Bonchev–Trinajstić information content (AvgIpc) is 3.13. The molecule has 0 atom stereocenters. The Morgan fingerprint density at radius 3 is 2.77 bits per heavy atom. The number of likely N-dealkylation sites (N-methyl/N-ethyl adjacent to an activating group) is 1. The molecule has 0 aliphatic carbocycles. The Bertz CT molecular complexity index is 720. The second kappa shape index (κ2) is 8.80. The van der Waals surface area contributed by atoms with Gasteiger partial charge in [0, 0.05) is 76.3 Å². The minimum atomic E-state index is 0.0499. The summed E-state index contributed by atoms with van der Waals surface area (Å²) >= 11 is 0. The summed E-state index contributed by atoms with van der Waals surface area (Å²) in [6.45, 7) is 7.25. The van der Waals surface area contributed by atoms with Crippen molar-refractivity contribution in [3.63, 3.8) is 0 Å². The Morgan fingerprint density at radius 2 is 2.00 bits per heavy atom. The van der Waals surface area contributed by atoms with Crippen LogP contribution in [0, 0.1) is 0 Å². The largest absolute Gasteiger partial charge is 0.354 e. The summed E-state index contributed by atoms with van der Waals surface area (Å²) < 4.78 is 2.04. The van der Waals surface area contributed by atoms with Crippen molar-refractivity contribution in [3.05, 3.63) is 42.1 Å². The van der Waals surface area contributed by atoms with Crippen LogP contribution in [0.1, 0.15) is 24.7 Å². The van der Waals surface area contributed by atoms with Crippen molar-refractivity contribution >= 4 is 11.7 Å². The van der Waals surface area contributed by atoms with Crippen LogP contribution in [-0.2, 0) is 24.3 Å². The van der Waals surface area contributed by atoms with E-state index >= 15 is 0 Å². The SMILES string of the molecule is CCc1nccn1CCC(=O)NCc1cccnc1N1CCN(C)CC1. The molecule has 1 aliphatic heterocycles. The van der Waals surface area contributed by atoms with Crippen LogP contribution in [-0.4, -0.2) is 58.6 Å². The topological polar surface area (TPSA) is 66.3 Å². The van der Waals surface area contributed by atoms with Crippen LogP contribution in [0.5, 0.6) is 0 Å². The summed E-state index contributed by atoms with van der Waals surface area (Å²) in [5.74, 6) is 2.06. The number of rotatable bonds is 7. The minimum Gasteiger partial charge on any atom is -0.354 e. The molecule has 1 aliphatic rings. The highest BCUT2D eigenvalue weighted by atomic mass is 16.1. The van der Waals surface area contributed by atoms with Crippen molar-refractivity contribution in [1.82, 2.24) is 24.8 Å². The van der Waals surface area contributed by atoms with Crippen LogP contribution in [0.25, 0.3) is 0 Å². The number of nitrogens with one attached hydrogen (secondary N) is 1. The van der Waals surface area contributed by atoms with Crippen molar-refractivity contribution in [2.75, 3.05) is 38.1 Å². The molecule has 26 heavy (non-hydrogen) atoms. The quantitative estimate of drug-likeness (QED) is 0.810. The molecular formula is C19H28N6O. The molecule has 1 saturated heterocycles. The fourth-order valence-corrected chi connectivity index (χ4v) is 3.23. The van der Waals surface area contributed by atoms with Crippen LogP contribution in [0.3, 0.4) is 0 Å². The van der Waals surface area contributed by atoms with Crippen LogP contribution >= 0.6 is 0 Å². The van der Waals surface area contributed by atoms with Gasteiger partial charge in [0.2, 0.25) is 5.91 Å². The van der Waals surface area contributed by atoms with Gasteiger partial charge in [0.1, 0.15) is 11.6 Å². The van der Waals surface area contributed by atoms with E-state index < -0.39 is 0 Å². The smallest absolute Gasteiger partial charge is 0.222 e. The molecule has 1 amide bonds. The Kier molecular flexibility index (Phi) is 6.22. The van der Waals surface area contributed by atoms with Crippen molar-refractivity contribution in [3.8, 4) is 0 Å². The molecule has 0 saturated carbocycles. The first kappa shape index (κ1) is 18.4. The number of anilines is 1. The number of piperazine rings is 1. The molecule has 7 nitrogen and oxygen atoms in total. The van der Waals surface area contributed by atoms with E-state index in [1.165, 1.54) is 0 Å². The lowest BCUT2D eigenvalue weighted by Gasteiger charge is -2.34. The maximum absolute atomic E-state index is 12.3. The number of aryl methyl sites for hydroxylation is 2. The number of amides is 1. The van der Waals surface area contributed by atoms with Crippen molar-refractivity contribution in [1.29, 1.82) is 0 Å². The minimum absolute atomic E-state index is 0.0499. The molecule has 2 aromatic rings. The molecule has 7 heteroatoms. The van der Waals surface area contributed by atoms with E-state index in [4.69, 9.17) is 0 Å². The summed E-state index contributed by atoms with van der Waals surface area (Å²) in [7, 11) is 2.14. The number of aromatic nitrogens is 3. The maximum Gasteiger partial charge on any atom is 0.222 e. The number of hydrogen-bond donors (Lipinski definition) is 1. The van der Waals surface area contributed by atoms with Gasteiger partial charge in [-0.25, -0.2) is 9.97 Å². The van der Waals surface area contributed by atoms with Gasteiger partial charge < -0.3 is 19.7 Å². The highest BCUT2D eigenvalue weighted by Crippen LogP contribution is 2.18. The molecule has 0 radical (unpaired) electrons. The molecular weight excluding hydrogens is 328 g/mol. The van der Waals surface area contributed by atoms with Crippen LogP contribution in [0.15, 0.2) is 30.7 Å². The Morgan fingerprint density at radius 1 is 1.19 bits per heavy atom. The van der Waals surface area contributed by atoms with Gasteiger partial charge in [-0.15, -0.1) is 0 Å². The molecule has 0 bridgehead atoms. The van der Waals surface area contributed by atoms with E-state index in [-0.39, 0.29) is 5.91 Å². The van der Waals surface area contributed by atoms with Crippen molar-refractivity contribution in [2.24, 2.45) is 0 Å². The van der Waals surface area contributed by atoms with E-state index in [9.17, 15) is 4.79 Å². The third-order valence-electron chi connectivity index (χ3n) is 4.84. The second-order valence-electron chi connectivity index (χ2n) is 6.69. The molecule has 3 rings (SSSR count). The lowest BCUT2D eigenvalue weighted by Crippen LogP contribution is -2.45. The fraction of sp³-hybridized carbons (Fsp3) is 0.526. The van der Waals surface area contributed by atoms with E-state index in [0.717, 1.165) is 49.8 Å². The number of pyridine rings is 1. The molecule has 0 unspecified atom stereocenters. The van der Waals surface area contributed by atoms with Gasteiger partial charge in [-0.3, -0.25) is 4.79 Å². The first-order valence-corrected chi connectivity index (χ1v) is 9.31. The van der Waals surface area contributed by atoms with Crippen LogP contribution in [0.2, 0.25) is 0 Å². The molecule has 140 valence electrons. The molecule has 3 heterocycles. The lowest BCUT2D eigenvalue weighted by atomic mass is 10.2. The molecule has 0 spiro atoms. The van der Waals surface area contributed by atoms with E-state index in [1.54, 1.807) is 6.20 Å². The van der Waals surface area contributed by atoms with Gasteiger partial charge in [-0.05, 0) is 13.1 Å². The van der Waals surface area contributed by atoms with Crippen LogP contribution < -0.4 is 10.2 Å². The van der Waals surface area contributed by atoms with Gasteiger partial charge in [0.15, 0.2) is 0 Å². The van der Waals surface area contributed by atoms with Gasteiger partial charge in [0.25, 0.3) is 0 Å². The zero-order valence-corrected chi connectivity index (χ0v) is 15.7. The highest BCUT2D eigenvalue weighted by Gasteiger charge is 2.18. The lowest BCUT2D eigenvalue weighted by molar-refractivity contribution is -0.121. The summed E-state index contributed by atoms with van der Waals surface area (Å²) in [6.07, 6.45) is 6.86. The normalized spacial score (nSPS) is 15.2. The average molecular weight is 356 g/mol. The first-order chi connectivity index (χ1) is 12.7. The first-order valence-electron chi connectivity index (χ1n) is 9.31. The third kappa shape index (κ3) is 4.60. The molecule has 2 aromatic heterocycles. The number of carbonyl (C=O) groups excluding carboxylic acids is 1. The molecule has 0 aromatic carbocycles. The third-order valence-corrected chi connectivity index (χ3v) is 4.84. The number of hydrogen-bond acceptors (Lipinski definition) is 5. The number of imidazole rings is 1. The van der Waals surface area contributed by atoms with Crippen molar-refractivity contribution in [2.45, 2.75) is 32.9 Å². The summed E-state index contributed by atoms with van der Waals surface area (Å²) in [5, 5.41) is 3.04. The zero-order valence-electron chi connectivity index (χ0n) is 15.7. The van der Waals surface area contributed by atoms with Gasteiger partial charge in [0.05, 0.1) is 0 Å². The monoisotopic (exact) mass is 356 g/mol. The van der Waals surface area contributed by atoms with Gasteiger partial charge in [-0.2, -0.15) is 0 Å². The standard InChI is InChI=1S/C19H28N6O/c1-3-17-20-8-10-24(17)9-6-18(26)22-15-16-5-4-7-21-19(16)25-13-11-23(2)12-14-25/h4-5,7-8,10H,3,6,9,11-15H2,1-2H3,(H,22,26). The number of carbonyl (C=O) groups is 1. The van der Waals surface area contributed by atoms with Gasteiger partial charge in [-0.1, -0.05) is 13.0 Å². The summed E-state index contributed by atoms with van der Waals surface area (Å²) in [5.41, 5.74) is 1.07. The zero-order chi connectivity index (χ0) is 18.4. The predicted molar refractivity (Wildman–Crippen MR) is 102 cm³/mol. The van der Waals surface area contributed by atoms with Crippen LogP contribution in [0.4, 0.5) is 5.82 Å². The Labute approximate surface area is 155 Å². The second-order valence-corrected chi connectivity index (χ2v) is 6.69. The predicted octanol–water partition coefficient (Wildman–Crippen LogP) is 1.30. The Balaban J connectivity index is 1.53. The van der Waals surface area contributed by atoms with E-state index in [0.29, 0.717) is 19.5 Å². The number of nitrogens with zero attached hydrogens (tertiary/aromatic N) is 5. The maximum atomic E-state index is 12.3. The fourth-order valence-electron chi connectivity index (χ4n) is 3.23.